The molecule has 0 bridgehead atoms. The molecule has 0 spiro atoms. The number of carbonyl (C=O) groups is 1. The highest BCUT2D eigenvalue weighted by atomic mass is 79.9. The lowest BCUT2D eigenvalue weighted by Gasteiger charge is -2.13. The van der Waals surface area contributed by atoms with Crippen LogP contribution >= 0.6 is 15.9 Å². The maximum atomic E-state index is 11.9. The predicted molar refractivity (Wildman–Crippen MR) is 70.6 cm³/mol. The van der Waals surface area contributed by atoms with Crippen LogP contribution in [0.2, 0.25) is 0 Å². The average molecular weight is 284 g/mol. The second kappa shape index (κ2) is 6.69. The standard InChI is InChI=1S/C13H18BrNO/c1-3-4-7-10(2)15-13(16)11-8-5-6-9-12(11)14/h5-6,8-10H,3-4,7H2,1-2H3,(H,15,16). The number of amides is 1. The molecule has 0 saturated heterocycles. The first kappa shape index (κ1) is 13.2. The van der Waals surface area contributed by atoms with E-state index in [2.05, 4.69) is 28.2 Å². The van der Waals surface area contributed by atoms with Gasteiger partial charge in [-0.2, -0.15) is 0 Å². The van der Waals surface area contributed by atoms with Crippen LogP contribution in [0.25, 0.3) is 0 Å². The monoisotopic (exact) mass is 283 g/mol. The van der Waals surface area contributed by atoms with Gasteiger partial charge in [-0.1, -0.05) is 31.9 Å². The van der Waals surface area contributed by atoms with Gasteiger partial charge < -0.3 is 5.32 Å². The second-order valence-electron chi connectivity index (χ2n) is 4.00. The van der Waals surface area contributed by atoms with Crippen molar-refractivity contribution < 1.29 is 4.79 Å². The fourth-order valence-corrected chi connectivity index (χ4v) is 1.99. The summed E-state index contributed by atoms with van der Waals surface area (Å²) in [5.74, 6) is -0.00363. The van der Waals surface area contributed by atoms with Gasteiger partial charge in [0.25, 0.3) is 5.91 Å². The molecule has 0 heterocycles. The van der Waals surface area contributed by atoms with Crippen molar-refractivity contribution in [2.24, 2.45) is 0 Å². The third-order valence-electron chi connectivity index (χ3n) is 2.49. The van der Waals surface area contributed by atoms with Gasteiger partial charge in [0.15, 0.2) is 0 Å². The van der Waals surface area contributed by atoms with Crippen LogP contribution in [0.3, 0.4) is 0 Å². The van der Waals surface area contributed by atoms with Crippen LogP contribution in [-0.4, -0.2) is 11.9 Å². The molecule has 1 unspecified atom stereocenters. The van der Waals surface area contributed by atoms with E-state index in [1.165, 1.54) is 0 Å². The second-order valence-corrected chi connectivity index (χ2v) is 4.85. The van der Waals surface area contributed by atoms with Gasteiger partial charge in [0.05, 0.1) is 5.56 Å². The number of halogens is 1. The van der Waals surface area contributed by atoms with Gasteiger partial charge in [0, 0.05) is 10.5 Å². The van der Waals surface area contributed by atoms with Crippen molar-refractivity contribution >= 4 is 21.8 Å². The summed E-state index contributed by atoms with van der Waals surface area (Å²) in [5, 5.41) is 3.00. The molecule has 1 amide bonds. The summed E-state index contributed by atoms with van der Waals surface area (Å²) in [6, 6.07) is 7.72. The number of hydrogen-bond acceptors (Lipinski definition) is 1. The Hall–Kier alpha value is -0.830. The summed E-state index contributed by atoms with van der Waals surface area (Å²) < 4.78 is 0.843. The molecule has 2 nitrogen and oxygen atoms in total. The molecule has 0 fully saturated rings. The van der Waals surface area contributed by atoms with E-state index in [4.69, 9.17) is 0 Å². The Labute approximate surface area is 106 Å². The predicted octanol–water partition coefficient (Wildman–Crippen LogP) is 3.76. The first-order valence-electron chi connectivity index (χ1n) is 5.70. The van der Waals surface area contributed by atoms with Crippen LogP contribution in [-0.2, 0) is 0 Å². The van der Waals surface area contributed by atoms with Crippen molar-refractivity contribution in [1.29, 1.82) is 0 Å². The highest BCUT2D eigenvalue weighted by Crippen LogP contribution is 2.15. The van der Waals surface area contributed by atoms with E-state index >= 15 is 0 Å². The molecule has 0 aliphatic rings. The maximum absolute atomic E-state index is 11.9. The molecule has 3 heteroatoms. The van der Waals surface area contributed by atoms with Gasteiger partial charge in [-0.05, 0) is 41.4 Å². The quantitative estimate of drug-likeness (QED) is 0.876. The van der Waals surface area contributed by atoms with Crippen molar-refractivity contribution in [2.45, 2.75) is 39.2 Å². The van der Waals surface area contributed by atoms with Crippen LogP contribution in [0.4, 0.5) is 0 Å². The number of unbranched alkanes of at least 4 members (excludes halogenated alkanes) is 1. The van der Waals surface area contributed by atoms with Crippen LogP contribution in [0.5, 0.6) is 0 Å². The van der Waals surface area contributed by atoms with Crippen molar-refractivity contribution in [2.75, 3.05) is 0 Å². The lowest BCUT2D eigenvalue weighted by atomic mass is 10.1. The third-order valence-corrected chi connectivity index (χ3v) is 3.18. The molecule has 0 aromatic heterocycles. The molecule has 0 radical (unpaired) electrons. The van der Waals surface area contributed by atoms with E-state index in [0.29, 0.717) is 5.56 Å². The molecule has 0 saturated carbocycles. The lowest BCUT2D eigenvalue weighted by molar-refractivity contribution is 0.0937. The van der Waals surface area contributed by atoms with Crippen LogP contribution in [0, 0.1) is 0 Å². The molecule has 0 aliphatic heterocycles. The molecule has 1 atom stereocenters. The number of carbonyl (C=O) groups excluding carboxylic acids is 1. The van der Waals surface area contributed by atoms with Gasteiger partial charge in [-0.3, -0.25) is 4.79 Å². The summed E-state index contributed by atoms with van der Waals surface area (Å²) in [5.41, 5.74) is 0.700. The molecular formula is C13H18BrNO. The minimum absolute atomic E-state index is 0.00363. The minimum atomic E-state index is -0.00363. The average Bonchev–Trinajstić information content (AvgIpc) is 2.26. The Bertz CT molecular complexity index is 352. The van der Waals surface area contributed by atoms with Crippen molar-refractivity contribution in [3.63, 3.8) is 0 Å². The minimum Gasteiger partial charge on any atom is -0.350 e. The summed E-state index contributed by atoms with van der Waals surface area (Å²) in [6.45, 7) is 4.20. The zero-order valence-corrected chi connectivity index (χ0v) is 11.4. The highest BCUT2D eigenvalue weighted by Gasteiger charge is 2.11. The number of nitrogens with one attached hydrogen (secondary N) is 1. The summed E-state index contributed by atoms with van der Waals surface area (Å²) in [7, 11) is 0. The smallest absolute Gasteiger partial charge is 0.252 e. The van der Waals surface area contributed by atoms with Crippen LogP contribution in [0.15, 0.2) is 28.7 Å². The Kier molecular flexibility index (Phi) is 5.53. The van der Waals surface area contributed by atoms with Gasteiger partial charge in [-0.15, -0.1) is 0 Å². The fourth-order valence-electron chi connectivity index (χ4n) is 1.53. The zero-order valence-electron chi connectivity index (χ0n) is 9.79. The Morgan fingerprint density at radius 1 is 1.44 bits per heavy atom. The van der Waals surface area contributed by atoms with E-state index in [1.807, 2.05) is 31.2 Å². The zero-order chi connectivity index (χ0) is 12.0. The fraction of sp³-hybridized carbons (Fsp3) is 0.462. The molecule has 88 valence electrons. The van der Waals surface area contributed by atoms with Crippen LogP contribution < -0.4 is 5.32 Å². The Balaban J connectivity index is 2.56. The maximum Gasteiger partial charge on any atom is 0.252 e. The number of benzene rings is 1. The normalized spacial score (nSPS) is 12.2. The summed E-state index contributed by atoms with van der Waals surface area (Å²) in [6.07, 6.45) is 3.35. The summed E-state index contributed by atoms with van der Waals surface area (Å²) in [4.78, 5) is 11.9. The van der Waals surface area contributed by atoms with Crippen molar-refractivity contribution in [3.05, 3.63) is 34.3 Å². The van der Waals surface area contributed by atoms with E-state index in [1.54, 1.807) is 0 Å². The van der Waals surface area contributed by atoms with Crippen molar-refractivity contribution in [3.8, 4) is 0 Å². The van der Waals surface area contributed by atoms with Gasteiger partial charge in [0.2, 0.25) is 0 Å². The van der Waals surface area contributed by atoms with Gasteiger partial charge in [-0.25, -0.2) is 0 Å². The van der Waals surface area contributed by atoms with Crippen LogP contribution in [0.1, 0.15) is 43.5 Å². The summed E-state index contributed by atoms with van der Waals surface area (Å²) >= 11 is 3.38. The van der Waals surface area contributed by atoms with E-state index in [0.717, 1.165) is 23.7 Å². The molecule has 0 aliphatic carbocycles. The first-order valence-corrected chi connectivity index (χ1v) is 6.49. The Morgan fingerprint density at radius 3 is 2.75 bits per heavy atom. The molecule has 1 aromatic rings. The third kappa shape index (κ3) is 3.97. The topological polar surface area (TPSA) is 29.1 Å². The van der Waals surface area contributed by atoms with Crippen molar-refractivity contribution in [1.82, 2.24) is 5.32 Å². The van der Waals surface area contributed by atoms with Gasteiger partial charge >= 0.3 is 0 Å². The van der Waals surface area contributed by atoms with E-state index in [9.17, 15) is 4.79 Å². The SMILES string of the molecule is CCCCC(C)NC(=O)c1ccccc1Br. The number of rotatable bonds is 5. The Morgan fingerprint density at radius 2 is 2.12 bits per heavy atom. The molecule has 1 N–H and O–H groups in total. The first-order chi connectivity index (χ1) is 7.65. The molecule has 16 heavy (non-hydrogen) atoms. The molecule has 1 aromatic carbocycles. The molecular weight excluding hydrogens is 266 g/mol. The van der Waals surface area contributed by atoms with Gasteiger partial charge in [0.1, 0.15) is 0 Å². The largest absolute Gasteiger partial charge is 0.350 e. The van der Waals surface area contributed by atoms with E-state index < -0.39 is 0 Å². The number of hydrogen-bond donors (Lipinski definition) is 1. The lowest BCUT2D eigenvalue weighted by Crippen LogP contribution is -2.32. The molecule has 1 rings (SSSR count). The highest BCUT2D eigenvalue weighted by molar-refractivity contribution is 9.10. The van der Waals surface area contributed by atoms with E-state index in [-0.39, 0.29) is 11.9 Å².